The summed E-state index contributed by atoms with van der Waals surface area (Å²) in [5.74, 6) is 0.0357. The Labute approximate surface area is 152 Å². The first-order chi connectivity index (χ1) is 12.5. The molecule has 2 aromatic heterocycles. The molecule has 0 fully saturated rings. The van der Waals surface area contributed by atoms with Crippen LogP contribution in [0, 0.1) is 10.1 Å². The number of nitro groups is 1. The highest BCUT2D eigenvalue weighted by molar-refractivity contribution is 8.00. The van der Waals surface area contributed by atoms with Crippen molar-refractivity contribution in [2.75, 3.05) is 5.32 Å². The predicted molar refractivity (Wildman–Crippen MR) is 94.6 cm³/mol. The second-order valence-electron chi connectivity index (χ2n) is 5.17. The van der Waals surface area contributed by atoms with Crippen LogP contribution in [0.1, 0.15) is 6.92 Å². The minimum Gasteiger partial charge on any atom is -0.411 e. The molecule has 26 heavy (non-hydrogen) atoms. The summed E-state index contributed by atoms with van der Waals surface area (Å²) in [6.45, 7) is 1.69. The molecule has 10 heteroatoms. The van der Waals surface area contributed by atoms with E-state index in [1.807, 2.05) is 0 Å². The summed E-state index contributed by atoms with van der Waals surface area (Å²) in [6, 6.07) is 9.14. The first-order valence-corrected chi connectivity index (χ1v) is 8.37. The number of nitrogens with one attached hydrogen (secondary N) is 1. The molecule has 132 valence electrons. The van der Waals surface area contributed by atoms with Gasteiger partial charge >= 0.3 is 0 Å². The molecule has 0 unspecified atom stereocenters. The smallest absolute Gasteiger partial charge is 0.277 e. The van der Waals surface area contributed by atoms with Crippen LogP contribution in [0.25, 0.3) is 11.5 Å². The van der Waals surface area contributed by atoms with Crippen molar-refractivity contribution < 1.29 is 14.1 Å². The van der Waals surface area contributed by atoms with Gasteiger partial charge in [0.25, 0.3) is 10.9 Å². The molecule has 1 N–H and O–H groups in total. The third kappa shape index (κ3) is 4.22. The van der Waals surface area contributed by atoms with Gasteiger partial charge in [-0.1, -0.05) is 11.8 Å². The fourth-order valence-electron chi connectivity index (χ4n) is 1.98. The Morgan fingerprint density at radius 1 is 1.27 bits per heavy atom. The van der Waals surface area contributed by atoms with Crippen molar-refractivity contribution in [3.63, 3.8) is 0 Å². The highest BCUT2D eigenvalue weighted by Gasteiger charge is 2.19. The van der Waals surface area contributed by atoms with Crippen LogP contribution >= 0.6 is 11.8 Å². The first-order valence-electron chi connectivity index (χ1n) is 7.49. The average molecular weight is 371 g/mol. The minimum atomic E-state index is -0.507. The van der Waals surface area contributed by atoms with Gasteiger partial charge in [-0.2, -0.15) is 0 Å². The van der Waals surface area contributed by atoms with Crippen LogP contribution in [0.15, 0.2) is 58.4 Å². The van der Waals surface area contributed by atoms with Gasteiger partial charge in [0.2, 0.25) is 11.8 Å². The summed E-state index contributed by atoms with van der Waals surface area (Å²) in [6.07, 6.45) is 3.24. The Bertz CT molecular complexity index is 914. The zero-order valence-electron chi connectivity index (χ0n) is 13.5. The number of rotatable bonds is 6. The molecule has 1 amide bonds. The van der Waals surface area contributed by atoms with Crippen molar-refractivity contribution in [3.8, 4) is 11.5 Å². The van der Waals surface area contributed by atoms with Crippen LogP contribution in [-0.4, -0.2) is 31.3 Å². The summed E-state index contributed by atoms with van der Waals surface area (Å²) in [4.78, 5) is 26.4. The molecule has 3 aromatic rings. The number of non-ortho nitro benzene ring substituents is 1. The second kappa shape index (κ2) is 7.74. The highest BCUT2D eigenvalue weighted by Crippen LogP contribution is 2.26. The summed E-state index contributed by atoms with van der Waals surface area (Å²) in [5.41, 5.74) is 1.11. The molecule has 0 aliphatic carbocycles. The van der Waals surface area contributed by atoms with Gasteiger partial charge in [-0.25, -0.2) is 0 Å². The number of aromatic nitrogens is 3. The van der Waals surface area contributed by atoms with E-state index in [1.54, 1.807) is 31.5 Å². The molecular formula is C16H13N5O4S. The molecule has 0 radical (unpaired) electrons. The van der Waals surface area contributed by atoms with Crippen molar-refractivity contribution in [3.05, 3.63) is 58.9 Å². The molecule has 2 heterocycles. The predicted octanol–water partition coefficient (Wildman–Crippen LogP) is 3.16. The lowest BCUT2D eigenvalue weighted by atomic mass is 10.3. The number of benzene rings is 1. The molecular weight excluding hydrogens is 358 g/mol. The highest BCUT2D eigenvalue weighted by atomic mass is 32.2. The topological polar surface area (TPSA) is 124 Å². The number of hydrogen-bond donors (Lipinski definition) is 1. The Morgan fingerprint density at radius 2 is 2.04 bits per heavy atom. The third-order valence-corrected chi connectivity index (χ3v) is 4.24. The van der Waals surface area contributed by atoms with E-state index >= 15 is 0 Å². The fraction of sp³-hybridized carbons (Fsp3) is 0.125. The van der Waals surface area contributed by atoms with Gasteiger partial charge in [0.15, 0.2) is 0 Å². The van der Waals surface area contributed by atoms with Gasteiger partial charge < -0.3 is 9.73 Å². The van der Waals surface area contributed by atoms with E-state index in [9.17, 15) is 14.9 Å². The molecule has 1 aromatic carbocycles. The van der Waals surface area contributed by atoms with Crippen LogP contribution in [0.3, 0.4) is 0 Å². The molecule has 9 nitrogen and oxygen atoms in total. The van der Waals surface area contributed by atoms with E-state index in [0.29, 0.717) is 17.1 Å². The molecule has 1 atom stereocenters. The fourth-order valence-corrected chi connectivity index (χ4v) is 2.66. The molecule has 0 aliphatic heterocycles. The molecule has 0 saturated heterocycles. The average Bonchev–Trinajstić information content (AvgIpc) is 3.11. The van der Waals surface area contributed by atoms with E-state index in [2.05, 4.69) is 20.5 Å². The summed E-state index contributed by atoms with van der Waals surface area (Å²) in [7, 11) is 0. The summed E-state index contributed by atoms with van der Waals surface area (Å²) < 4.78 is 5.53. The zero-order valence-corrected chi connectivity index (χ0v) is 14.3. The van der Waals surface area contributed by atoms with Crippen LogP contribution in [0.4, 0.5) is 11.4 Å². The molecule has 0 aliphatic rings. The van der Waals surface area contributed by atoms with E-state index in [-0.39, 0.29) is 16.8 Å². The van der Waals surface area contributed by atoms with Crippen LogP contribution < -0.4 is 5.32 Å². The largest absolute Gasteiger partial charge is 0.411 e. The van der Waals surface area contributed by atoms with Crippen molar-refractivity contribution >= 4 is 29.0 Å². The molecule has 0 bridgehead atoms. The van der Waals surface area contributed by atoms with E-state index in [4.69, 9.17) is 4.42 Å². The number of hydrogen-bond acceptors (Lipinski definition) is 8. The van der Waals surface area contributed by atoms with Crippen LogP contribution in [0.5, 0.6) is 0 Å². The monoisotopic (exact) mass is 371 g/mol. The van der Waals surface area contributed by atoms with E-state index in [1.165, 1.54) is 24.3 Å². The van der Waals surface area contributed by atoms with Crippen molar-refractivity contribution in [2.24, 2.45) is 0 Å². The lowest BCUT2D eigenvalue weighted by Gasteiger charge is -2.09. The summed E-state index contributed by atoms with van der Waals surface area (Å²) in [5, 5.41) is 20.9. The number of amides is 1. The Hall–Kier alpha value is -3.27. The Kier molecular flexibility index (Phi) is 5.23. The summed E-state index contributed by atoms with van der Waals surface area (Å²) >= 11 is 1.11. The zero-order chi connectivity index (χ0) is 18.5. The van der Waals surface area contributed by atoms with Gasteiger partial charge in [-0.3, -0.25) is 19.9 Å². The van der Waals surface area contributed by atoms with Gasteiger partial charge in [0.1, 0.15) is 0 Å². The maximum absolute atomic E-state index is 12.2. The number of anilines is 1. The molecule has 3 rings (SSSR count). The first kappa shape index (κ1) is 17.5. The van der Waals surface area contributed by atoms with Gasteiger partial charge in [-0.05, 0) is 31.2 Å². The number of pyridine rings is 1. The standard InChI is InChI=1S/C16H13N5O4S/c1-10(14(22)18-12-4-6-13(7-5-12)21(23)24)26-16-20-19-15(25-16)11-3-2-8-17-9-11/h2-10H,1H3,(H,18,22)/t10-/m0/s1. The number of nitrogens with zero attached hydrogens (tertiary/aromatic N) is 4. The van der Waals surface area contributed by atoms with Gasteiger partial charge in [-0.15, -0.1) is 10.2 Å². The van der Waals surface area contributed by atoms with Crippen molar-refractivity contribution in [2.45, 2.75) is 17.4 Å². The Morgan fingerprint density at radius 3 is 2.69 bits per heavy atom. The van der Waals surface area contributed by atoms with Crippen molar-refractivity contribution in [1.29, 1.82) is 0 Å². The van der Waals surface area contributed by atoms with E-state index in [0.717, 1.165) is 11.8 Å². The van der Waals surface area contributed by atoms with Crippen LogP contribution in [0.2, 0.25) is 0 Å². The van der Waals surface area contributed by atoms with Crippen LogP contribution in [-0.2, 0) is 4.79 Å². The Balaban J connectivity index is 1.61. The molecule has 0 spiro atoms. The minimum absolute atomic E-state index is 0.0424. The number of carbonyl (C=O) groups is 1. The number of carbonyl (C=O) groups excluding carboxylic acids is 1. The second-order valence-corrected chi connectivity index (χ2v) is 6.46. The van der Waals surface area contributed by atoms with Gasteiger partial charge in [0.05, 0.1) is 15.7 Å². The number of nitro benzene ring substituents is 1. The maximum atomic E-state index is 12.2. The van der Waals surface area contributed by atoms with Gasteiger partial charge in [0, 0.05) is 30.2 Å². The quantitative estimate of drug-likeness (QED) is 0.398. The lowest BCUT2D eigenvalue weighted by molar-refractivity contribution is -0.384. The van der Waals surface area contributed by atoms with E-state index < -0.39 is 10.2 Å². The SMILES string of the molecule is C[C@H](Sc1nnc(-c2cccnc2)o1)C(=O)Nc1ccc([N+](=O)[O-])cc1. The maximum Gasteiger partial charge on any atom is 0.277 e. The van der Waals surface area contributed by atoms with Crippen molar-refractivity contribution in [1.82, 2.24) is 15.2 Å². The molecule has 0 saturated carbocycles. The lowest BCUT2D eigenvalue weighted by Crippen LogP contribution is -2.22. The number of thioether (sulfide) groups is 1. The normalized spacial score (nSPS) is 11.7. The third-order valence-electron chi connectivity index (χ3n) is 3.31.